The molecule has 1 aliphatic rings. The van der Waals surface area contributed by atoms with Crippen LogP contribution >= 0.6 is 23.2 Å². The molecule has 0 unspecified atom stereocenters. The molecule has 1 aromatic heterocycles. The number of nitrogens with one attached hydrogen (secondary N) is 1. The van der Waals surface area contributed by atoms with Gasteiger partial charge in [-0.3, -0.25) is 0 Å². The molecule has 0 amide bonds. The van der Waals surface area contributed by atoms with Gasteiger partial charge in [0.05, 0.1) is 13.2 Å². The normalized spacial score (nSPS) is 16.4. The zero-order valence-electron chi connectivity index (χ0n) is 6.92. The SMILES string of the molecule is O=C(OC1COC1)c1nc(Cl)[nH]c1Cl. The fraction of sp³-hybridized carbons (Fsp3) is 0.429. The number of rotatable bonds is 2. The van der Waals surface area contributed by atoms with Crippen LogP contribution in [0.2, 0.25) is 10.4 Å². The molecule has 1 N–H and O–H groups in total. The van der Waals surface area contributed by atoms with E-state index >= 15 is 0 Å². The Morgan fingerprint density at radius 1 is 1.57 bits per heavy atom. The van der Waals surface area contributed by atoms with Crippen LogP contribution in [0.1, 0.15) is 10.5 Å². The number of carbonyl (C=O) groups is 1. The van der Waals surface area contributed by atoms with Crippen molar-refractivity contribution in [3.63, 3.8) is 0 Å². The largest absolute Gasteiger partial charge is 0.453 e. The molecule has 0 spiro atoms. The van der Waals surface area contributed by atoms with Crippen molar-refractivity contribution in [3.05, 3.63) is 16.1 Å². The fourth-order valence-corrected chi connectivity index (χ4v) is 1.39. The van der Waals surface area contributed by atoms with E-state index in [-0.39, 0.29) is 22.2 Å². The van der Waals surface area contributed by atoms with Gasteiger partial charge in [-0.05, 0) is 11.6 Å². The van der Waals surface area contributed by atoms with Crippen LogP contribution < -0.4 is 0 Å². The Morgan fingerprint density at radius 3 is 2.71 bits per heavy atom. The predicted octanol–water partition coefficient (Wildman–Crippen LogP) is 1.27. The molecule has 0 aromatic carbocycles. The van der Waals surface area contributed by atoms with Crippen LogP contribution in [-0.2, 0) is 9.47 Å². The number of aromatic amines is 1. The third kappa shape index (κ3) is 1.84. The van der Waals surface area contributed by atoms with Crippen molar-refractivity contribution in [3.8, 4) is 0 Å². The predicted molar refractivity (Wildman–Crippen MR) is 48.6 cm³/mol. The lowest BCUT2D eigenvalue weighted by molar-refractivity contribution is -0.103. The summed E-state index contributed by atoms with van der Waals surface area (Å²) in [7, 11) is 0. The third-order valence-electron chi connectivity index (χ3n) is 1.71. The van der Waals surface area contributed by atoms with Gasteiger partial charge in [0.1, 0.15) is 11.3 Å². The van der Waals surface area contributed by atoms with E-state index in [1.165, 1.54) is 0 Å². The van der Waals surface area contributed by atoms with Crippen LogP contribution in [0.4, 0.5) is 0 Å². The molecule has 1 aromatic rings. The first kappa shape index (κ1) is 9.76. The van der Waals surface area contributed by atoms with Crippen molar-refractivity contribution < 1.29 is 14.3 Å². The quantitative estimate of drug-likeness (QED) is 0.786. The van der Waals surface area contributed by atoms with Gasteiger partial charge in [0, 0.05) is 0 Å². The van der Waals surface area contributed by atoms with Gasteiger partial charge < -0.3 is 14.5 Å². The first-order valence-electron chi connectivity index (χ1n) is 3.86. The lowest BCUT2D eigenvalue weighted by Crippen LogP contribution is -2.37. The van der Waals surface area contributed by atoms with Crippen molar-refractivity contribution in [1.82, 2.24) is 9.97 Å². The summed E-state index contributed by atoms with van der Waals surface area (Å²) in [5.41, 5.74) is 0.00330. The van der Waals surface area contributed by atoms with E-state index in [1.807, 2.05) is 0 Å². The maximum atomic E-state index is 11.4. The minimum atomic E-state index is -0.591. The van der Waals surface area contributed by atoms with Crippen LogP contribution in [0.25, 0.3) is 0 Å². The molecule has 0 saturated carbocycles. The van der Waals surface area contributed by atoms with Gasteiger partial charge in [-0.25, -0.2) is 9.78 Å². The number of carbonyl (C=O) groups excluding carboxylic acids is 1. The highest BCUT2D eigenvalue weighted by Crippen LogP contribution is 2.18. The Balaban J connectivity index is 2.06. The second-order valence-corrected chi connectivity index (χ2v) is 3.49. The van der Waals surface area contributed by atoms with Crippen LogP contribution in [0.5, 0.6) is 0 Å². The van der Waals surface area contributed by atoms with Crippen molar-refractivity contribution in [2.75, 3.05) is 13.2 Å². The summed E-state index contributed by atoms with van der Waals surface area (Å²) < 4.78 is 9.82. The van der Waals surface area contributed by atoms with Gasteiger partial charge in [-0.15, -0.1) is 0 Å². The second kappa shape index (κ2) is 3.76. The summed E-state index contributed by atoms with van der Waals surface area (Å²) in [5, 5.41) is 0.145. The van der Waals surface area contributed by atoms with Crippen molar-refractivity contribution in [1.29, 1.82) is 0 Å². The third-order valence-corrected chi connectivity index (χ3v) is 2.16. The number of nitrogens with zero attached hydrogens (tertiary/aromatic N) is 1. The molecule has 2 heterocycles. The monoisotopic (exact) mass is 236 g/mol. The van der Waals surface area contributed by atoms with E-state index in [1.54, 1.807) is 0 Å². The van der Waals surface area contributed by atoms with Crippen LogP contribution in [0.3, 0.4) is 0 Å². The van der Waals surface area contributed by atoms with Gasteiger partial charge in [0.2, 0.25) is 5.28 Å². The Hall–Kier alpha value is -0.780. The number of hydrogen-bond donors (Lipinski definition) is 1. The number of hydrogen-bond acceptors (Lipinski definition) is 4. The maximum Gasteiger partial charge on any atom is 0.360 e. The minimum absolute atomic E-state index is 0.00330. The van der Waals surface area contributed by atoms with Crippen molar-refractivity contribution in [2.45, 2.75) is 6.10 Å². The minimum Gasteiger partial charge on any atom is -0.453 e. The Labute approximate surface area is 89.3 Å². The number of halogens is 2. The number of aromatic nitrogens is 2. The molecule has 14 heavy (non-hydrogen) atoms. The molecule has 0 aliphatic carbocycles. The average Bonchev–Trinajstić information content (AvgIpc) is 2.37. The second-order valence-electron chi connectivity index (χ2n) is 2.75. The molecule has 0 bridgehead atoms. The highest BCUT2D eigenvalue weighted by molar-refractivity contribution is 6.34. The zero-order chi connectivity index (χ0) is 10.1. The van der Waals surface area contributed by atoms with E-state index in [0.717, 1.165) is 0 Å². The number of esters is 1. The lowest BCUT2D eigenvalue weighted by Gasteiger charge is -2.25. The molecular formula is C7H6Cl2N2O3. The van der Waals surface area contributed by atoms with Crippen LogP contribution in [-0.4, -0.2) is 35.3 Å². The van der Waals surface area contributed by atoms with Gasteiger partial charge in [0.25, 0.3) is 0 Å². The van der Waals surface area contributed by atoms with Gasteiger partial charge in [0.15, 0.2) is 5.69 Å². The van der Waals surface area contributed by atoms with E-state index in [9.17, 15) is 4.79 Å². The zero-order valence-corrected chi connectivity index (χ0v) is 8.43. The van der Waals surface area contributed by atoms with E-state index in [2.05, 4.69) is 9.97 Å². The number of ether oxygens (including phenoxy) is 2. The van der Waals surface area contributed by atoms with Gasteiger partial charge in [-0.2, -0.15) is 0 Å². The number of imidazole rings is 1. The summed E-state index contributed by atoms with van der Waals surface area (Å²) in [6.07, 6.45) is -0.200. The summed E-state index contributed by atoms with van der Waals surface area (Å²) in [6.45, 7) is 0.836. The molecule has 1 aliphatic heterocycles. The molecule has 5 nitrogen and oxygen atoms in total. The molecule has 76 valence electrons. The highest BCUT2D eigenvalue weighted by Gasteiger charge is 2.26. The van der Waals surface area contributed by atoms with Gasteiger partial charge >= 0.3 is 5.97 Å². The standard InChI is InChI=1S/C7H6Cl2N2O3/c8-5-4(10-7(9)11-5)6(12)14-3-1-13-2-3/h3H,1-2H2,(H,10,11). The summed E-state index contributed by atoms with van der Waals surface area (Å²) in [4.78, 5) is 17.5. The van der Waals surface area contributed by atoms with E-state index < -0.39 is 5.97 Å². The molecular weight excluding hydrogens is 231 g/mol. The summed E-state index contributed by atoms with van der Waals surface area (Å²) in [5.74, 6) is -0.591. The fourth-order valence-electron chi connectivity index (χ4n) is 0.950. The summed E-state index contributed by atoms with van der Waals surface area (Å²) in [6, 6.07) is 0. The van der Waals surface area contributed by atoms with E-state index in [4.69, 9.17) is 32.7 Å². The average molecular weight is 237 g/mol. The molecule has 1 saturated heterocycles. The van der Waals surface area contributed by atoms with Crippen molar-refractivity contribution in [2.24, 2.45) is 0 Å². The summed E-state index contributed by atoms with van der Waals surface area (Å²) >= 11 is 11.2. The first-order chi connectivity index (χ1) is 6.66. The molecule has 1 fully saturated rings. The molecule has 0 radical (unpaired) electrons. The Kier molecular flexibility index (Phi) is 2.62. The molecule has 2 rings (SSSR count). The van der Waals surface area contributed by atoms with Gasteiger partial charge in [-0.1, -0.05) is 11.6 Å². The number of H-pyrrole nitrogens is 1. The van der Waals surface area contributed by atoms with Crippen LogP contribution in [0.15, 0.2) is 0 Å². The lowest BCUT2D eigenvalue weighted by atomic mass is 10.3. The van der Waals surface area contributed by atoms with Crippen LogP contribution in [0, 0.1) is 0 Å². The maximum absolute atomic E-state index is 11.4. The Morgan fingerprint density at radius 2 is 2.29 bits per heavy atom. The first-order valence-corrected chi connectivity index (χ1v) is 4.62. The molecule has 0 atom stereocenters. The van der Waals surface area contributed by atoms with E-state index in [0.29, 0.717) is 13.2 Å². The van der Waals surface area contributed by atoms with Crippen molar-refractivity contribution >= 4 is 29.2 Å². The Bertz CT molecular complexity index is 362. The molecule has 7 heteroatoms. The smallest absolute Gasteiger partial charge is 0.360 e. The topological polar surface area (TPSA) is 64.2 Å². The highest BCUT2D eigenvalue weighted by atomic mass is 35.5.